The van der Waals surface area contributed by atoms with E-state index in [9.17, 15) is 22.8 Å². The van der Waals surface area contributed by atoms with E-state index in [4.69, 9.17) is 4.74 Å². The van der Waals surface area contributed by atoms with E-state index < -0.39 is 23.7 Å². The number of alkyl halides is 3. The van der Waals surface area contributed by atoms with Crippen molar-refractivity contribution in [3.05, 3.63) is 35.9 Å². The highest BCUT2D eigenvalue weighted by atomic mass is 19.4. The fourth-order valence-corrected chi connectivity index (χ4v) is 2.58. The van der Waals surface area contributed by atoms with Crippen LogP contribution in [-0.2, 0) is 19.7 Å². The summed E-state index contributed by atoms with van der Waals surface area (Å²) in [4.78, 5) is 23.4. The van der Waals surface area contributed by atoms with E-state index in [1.807, 2.05) is 6.92 Å². The molecule has 0 spiro atoms. The lowest BCUT2D eigenvalue weighted by atomic mass is 9.79. The molecule has 26 heavy (non-hydrogen) atoms. The topological polar surface area (TPSA) is 55.4 Å². The van der Waals surface area contributed by atoms with Crippen LogP contribution in [0.4, 0.5) is 13.2 Å². The summed E-state index contributed by atoms with van der Waals surface area (Å²) < 4.78 is 45.3. The Kier molecular flexibility index (Phi) is 8.11. The molecular weight excluding hydrogens is 347 g/mol. The van der Waals surface area contributed by atoms with Crippen LogP contribution in [0.1, 0.15) is 52.0 Å². The zero-order valence-corrected chi connectivity index (χ0v) is 15.4. The van der Waals surface area contributed by atoms with Gasteiger partial charge in [-0.3, -0.25) is 9.59 Å². The molecule has 1 aromatic carbocycles. The third-order valence-electron chi connectivity index (χ3n) is 4.08. The summed E-state index contributed by atoms with van der Waals surface area (Å²) in [5.74, 6) is -1.18. The highest BCUT2D eigenvalue weighted by Crippen LogP contribution is 2.39. The maximum atomic E-state index is 13.5. The lowest BCUT2D eigenvalue weighted by Crippen LogP contribution is -2.47. The van der Waals surface area contributed by atoms with Gasteiger partial charge in [-0.15, -0.1) is 0 Å². The van der Waals surface area contributed by atoms with Gasteiger partial charge in [0.2, 0.25) is 12.0 Å². The summed E-state index contributed by atoms with van der Waals surface area (Å²) in [6, 6.07) is 8.13. The van der Waals surface area contributed by atoms with Crippen LogP contribution in [0.5, 0.6) is 0 Å². The molecule has 1 rings (SSSR count). The first-order valence-corrected chi connectivity index (χ1v) is 8.67. The Labute approximate surface area is 152 Å². The third-order valence-corrected chi connectivity index (χ3v) is 4.08. The summed E-state index contributed by atoms with van der Waals surface area (Å²) in [5.41, 5.74) is -1.01. The minimum absolute atomic E-state index is 0.0772. The Morgan fingerprint density at radius 2 is 1.73 bits per heavy atom. The zero-order valence-electron chi connectivity index (χ0n) is 15.4. The second-order valence-electron chi connectivity index (χ2n) is 6.70. The predicted molar refractivity (Wildman–Crippen MR) is 92.6 cm³/mol. The minimum atomic E-state index is -4.70. The van der Waals surface area contributed by atoms with Gasteiger partial charge in [-0.1, -0.05) is 51.1 Å². The van der Waals surface area contributed by atoms with Crippen molar-refractivity contribution < 1.29 is 27.5 Å². The molecule has 1 N–H and O–H groups in total. The summed E-state index contributed by atoms with van der Waals surface area (Å²) in [7, 11) is 0. The van der Waals surface area contributed by atoms with Gasteiger partial charge in [0.05, 0.1) is 0 Å². The molecule has 146 valence electrons. The number of esters is 1. The number of hydrogen-bond donors (Lipinski definition) is 1. The van der Waals surface area contributed by atoms with Crippen molar-refractivity contribution in [1.29, 1.82) is 0 Å². The van der Waals surface area contributed by atoms with Gasteiger partial charge < -0.3 is 10.1 Å². The number of rotatable bonds is 9. The number of nitrogens with one attached hydrogen (secondary N) is 1. The Morgan fingerprint density at radius 1 is 1.12 bits per heavy atom. The molecule has 0 unspecified atom stereocenters. The van der Waals surface area contributed by atoms with Crippen LogP contribution in [0.15, 0.2) is 30.3 Å². The molecule has 1 aromatic rings. The SMILES string of the molecule is CCCNC(=O)CCCC(=O)O[C@@H](C(F)(F)F)C(C)(C)c1ccccc1. The van der Waals surface area contributed by atoms with Gasteiger partial charge in [0.15, 0.2) is 0 Å². The van der Waals surface area contributed by atoms with Gasteiger partial charge in [0.25, 0.3) is 0 Å². The van der Waals surface area contributed by atoms with Crippen molar-refractivity contribution in [2.45, 2.75) is 64.1 Å². The largest absolute Gasteiger partial charge is 0.452 e. The van der Waals surface area contributed by atoms with Crippen molar-refractivity contribution in [2.24, 2.45) is 0 Å². The number of carbonyl (C=O) groups is 2. The number of hydrogen-bond acceptors (Lipinski definition) is 3. The molecule has 4 nitrogen and oxygen atoms in total. The monoisotopic (exact) mass is 373 g/mol. The van der Waals surface area contributed by atoms with E-state index in [-0.39, 0.29) is 25.2 Å². The Balaban J connectivity index is 2.71. The first-order chi connectivity index (χ1) is 12.1. The van der Waals surface area contributed by atoms with Crippen LogP contribution in [0, 0.1) is 0 Å². The number of benzene rings is 1. The van der Waals surface area contributed by atoms with Gasteiger partial charge in [0.1, 0.15) is 0 Å². The van der Waals surface area contributed by atoms with Crippen molar-refractivity contribution in [3.8, 4) is 0 Å². The van der Waals surface area contributed by atoms with Crippen molar-refractivity contribution in [3.63, 3.8) is 0 Å². The number of ether oxygens (including phenoxy) is 1. The Bertz CT molecular complexity index is 585. The summed E-state index contributed by atoms with van der Waals surface area (Å²) >= 11 is 0. The Hall–Kier alpha value is -2.05. The smallest absolute Gasteiger partial charge is 0.426 e. The average Bonchev–Trinajstić information content (AvgIpc) is 2.57. The first kappa shape index (κ1) is 22.0. The van der Waals surface area contributed by atoms with Gasteiger partial charge in [-0.2, -0.15) is 13.2 Å². The van der Waals surface area contributed by atoms with Crippen LogP contribution in [-0.4, -0.2) is 30.7 Å². The van der Waals surface area contributed by atoms with Crippen molar-refractivity contribution in [2.75, 3.05) is 6.54 Å². The Morgan fingerprint density at radius 3 is 2.27 bits per heavy atom. The second-order valence-corrected chi connectivity index (χ2v) is 6.70. The molecule has 0 saturated heterocycles. The molecule has 0 radical (unpaired) electrons. The maximum Gasteiger partial charge on any atom is 0.426 e. The molecular formula is C19H26F3NO3. The zero-order chi connectivity index (χ0) is 19.8. The molecule has 1 atom stereocenters. The van der Waals surface area contributed by atoms with E-state index in [0.29, 0.717) is 12.1 Å². The maximum absolute atomic E-state index is 13.5. The van der Waals surface area contributed by atoms with Gasteiger partial charge in [0, 0.05) is 24.8 Å². The molecule has 0 saturated carbocycles. The molecule has 0 bridgehead atoms. The fourth-order valence-electron chi connectivity index (χ4n) is 2.58. The quantitative estimate of drug-likeness (QED) is 0.662. The molecule has 0 aliphatic heterocycles. The van der Waals surface area contributed by atoms with E-state index in [0.717, 1.165) is 6.42 Å². The highest BCUT2D eigenvalue weighted by molar-refractivity contribution is 5.77. The number of halogens is 3. The van der Waals surface area contributed by atoms with Crippen LogP contribution in [0.25, 0.3) is 0 Å². The molecule has 0 fully saturated rings. The van der Waals surface area contributed by atoms with Crippen LogP contribution in [0.2, 0.25) is 0 Å². The van der Waals surface area contributed by atoms with E-state index in [2.05, 4.69) is 5.32 Å². The van der Waals surface area contributed by atoms with Gasteiger partial charge >= 0.3 is 12.1 Å². The van der Waals surface area contributed by atoms with Crippen molar-refractivity contribution >= 4 is 11.9 Å². The number of carbonyl (C=O) groups excluding carboxylic acids is 2. The van der Waals surface area contributed by atoms with Crippen LogP contribution < -0.4 is 5.32 Å². The molecule has 0 aliphatic carbocycles. The molecule has 0 aliphatic rings. The molecule has 7 heteroatoms. The minimum Gasteiger partial charge on any atom is -0.452 e. The van der Waals surface area contributed by atoms with Crippen molar-refractivity contribution in [1.82, 2.24) is 5.32 Å². The van der Waals surface area contributed by atoms with E-state index in [1.165, 1.54) is 13.8 Å². The van der Waals surface area contributed by atoms with E-state index >= 15 is 0 Å². The molecule has 0 heterocycles. The lowest BCUT2D eigenvalue weighted by Gasteiger charge is -2.35. The molecule has 0 aromatic heterocycles. The van der Waals surface area contributed by atoms with Crippen LogP contribution in [0.3, 0.4) is 0 Å². The highest BCUT2D eigenvalue weighted by Gasteiger charge is 2.52. The lowest BCUT2D eigenvalue weighted by molar-refractivity contribution is -0.236. The van der Waals surface area contributed by atoms with E-state index in [1.54, 1.807) is 30.3 Å². The average molecular weight is 373 g/mol. The summed E-state index contributed by atoms with van der Waals surface area (Å²) in [6.45, 7) is 5.23. The summed E-state index contributed by atoms with van der Waals surface area (Å²) in [5, 5.41) is 2.65. The number of amides is 1. The fraction of sp³-hybridized carbons (Fsp3) is 0.579. The van der Waals surface area contributed by atoms with Gasteiger partial charge in [-0.05, 0) is 18.4 Å². The van der Waals surface area contributed by atoms with Crippen LogP contribution >= 0.6 is 0 Å². The second kappa shape index (κ2) is 9.59. The predicted octanol–water partition coefficient (Wildman–Crippen LogP) is 4.13. The molecule has 1 amide bonds. The third kappa shape index (κ3) is 6.69. The van der Waals surface area contributed by atoms with Gasteiger partial charge in [-0.25, -0.2) is 0 Å². The first-order valence-electron chi connectivity index (χ1n) is 8.67. The standard InChI is InChI=1S/C19H26F3NO3/c1-4-13-23-15(24)11-8-12-16(25)26-17(19(20,21)22)18(2,3)14-9-6-5-7-10-14/h5-7,9-10,17H,4,8,11-13H2,1-3H3,(H,23,24)/t17-/m1/s1. The normalized spacial score (nSPS) is 13.2. The summed E-state index contributed by atoms with van der Waals surface area (Å²) in [6.07, 6.45) is -6.20.